The first-order valence-corrected chi connectivity index (χ1v) is 5.17. The van der Waals surface area contributed by atoms with Gasteiger partial charge in [-0.1, -0.05) is 0 Å². The summed E-state index contributed by atoms with van der Waals surface area (Å²) < 4.78 is 0.184. The smallest absolute Gasteiger partial charge is 0.270 e. The Hall–Kier alpha value is -1.78. The molecule has 5 nitrogen and oxygen atoms in total. The van der Waals surface area contributed by atoms with E-state index in [1.54, 1.807) is 11.6 Å². The van der Waals surface area contributed by atoms with Gasteiger partial charge in [-0.2, -0.15) is 5.26 Å². The van der Waals surface area contributed by atoms with Crippen LogP contribution in [-0.4, -0.2) is 15.0 Å². The van der Waals surface area contributed by atoms with Crippen LogP contribution >= 0.6 is 23.6 Å². The van der Waals surface area contributed by atoms with Gasteiger partial charge >= 0.3 is 0 Å². The van der Waals surface area contributed by atoms with Crippen LogP contribution in [0.1, 0.15) is 5.56 Å². The van der Waals surface area contributed by atoms with Crippen LogP contribution in [0.5, 0.6) is 0 Å². The predicted octanol–water partition coefficient (Wildman–Crippen LogP) is 1.43. The minimum atomic E-state index is -0.494. The number of thiazole rings is 1. The number of nitrogens with zero attached hydrogens (tertiary/aromatic N) is 2. The van der Waals surface area contributed by atoms with Crippen LogP contribution in [0, 0.1) is 16.1 Å². The van der Waals surface area contributed by atoms with Crippen LogP contribution in [0.2, 0.25) is 0 Å². The number of rotatable bonds is 1. The molecule has 0 saturated heterocycles. The molecule has 0 amide bonds. The molecule has 0 spiro atoms. The molecular formula is C8H4N4OS2. The fourth-order valence-electron chi connectivity index (χ4n) is 1.10. The Morgan fingerprint density at radius 1 is 1.53 bits per heavy atom. The van der Waals surface area contributed by atoms with Crippen LogP contribution in [-0.2, 0) is 0 Å². The Bertz CT molecular complexity index is 632. The second-order valence-electron chi connectivity index (χ2n) is 2.61. The zero-order valence-corrected chi connectivity index (χ0v) is 8.91. The van der Waals surface area contributed by atoms with E-state index in [9.17, 15) is 4.79 Å². The third-order valence-electron chi connectivity index (χ3n) is 1.70. The summed E-state index contributed by atoms with van der Waals surface area (Å²) in [7, 11) is 0. The lowest BCUT2D eigenvalue weighted by atomic mass is 10.2. The van der Waals surface area contributed by atoms with Gasteiger partial charge in [0, 0.05) is 11.6 Å². The van der Waals surface area contributed by atoms with Crippen LogP contribution in [0.4, 0.5) is 0 Å². The normalized spacial score (nSPS) is 9.80. The summed E-state index contributed by atoms with van der Waals surface area (Å²) in [5.74, 6) is 0. The van der Waals surface area contributed by atoms with Crippen LogP contribution in [0.3, 0.4) is 0 Å². The maximum Gasteiger partial charge on any atom is 0.270 e. The number of aromatic amines is 2. The molecule has 0 unspecified atom stereocenters. The van der Waals surface area contributed by atoms with Gasteiger partial charge in [0.1, 0.15) is 22.3 Å². The van der Waals surface area contributed by atoms with Crippen molar-refractivity contribution >= 4 is 23.6 Å². The Labute approximate surface area is 93.1 Å². The maximum absolute atomic E-state index is 11.4. The van der Waals surface area contributed by atoms with E-state index >= 15 is 0 Å². The predicted molar refractivity (Wildman–Crippen MR) is 58.1 cm³/mol. The second-order valence-corrected chi connectivity index (χ2v) is 3.91. The van der Waals surface area contributed by atoms with E-state index in [0.29, 0.717) is 10.7 Å². The first kappa shape index (κ1) is 9.76. The van der Waals surface area contributed by atoms with E-state index in [1.165, 1.54) is 11.3 Å². The van der Waals surface area contributed by atoms with Crippen molar-refractivity contribution in [2.45, 2.75) is 0 Å². The van der Waals surface area contributed by atoms with Crippen molar-refractivity contribution in [1.82, 2.24) is 15.0 Å². The molecule has 0 atom stereocenters. The van der Waals surface area contributed by atoms with E-state index in [0.717, 1.165) is 0 Å². The van der Waals surface area contributed by atoms with E-state index in [2.05, 4.69) is 15.0 Å². The molecule has 0 aliphatic carbocycles. The van der Waals surface area contributed by atoms with E-state index in [-0.39, 0.29) is 10.3 Å². The van der Waals surface area contributed by atoms with Gasteiger partial charge < -0.3 is 4.98 Å². The fourth-order valence-corrected chi connectivity index (χ4v) is 1.94. The molecule has 74 valence electrons. The number of H-pyrrole nitrogens is 2. The zero-order chi connectivity index (χ0) is 10.8. The number of hydrogen-bond donors (Lipinski definition) is 2. The van der Waals surface area contributed by atoms with E-state index < -0.39 is 5.56 Å². The molecular weight excluding hydrogens is 232 g/mol. The average Bonchev–Trinajstić information content (AvgIpc) is 2.69. The Morgan fingerprint density at radius 3 is 2.93 bits per heavy atom. The van der Waals surface area contributed by atoms with Crippen LogP contribution < -0.4 is 5.56 Å². The molecule has 0 saturated carbocycles. The first-order chi connectivity index (χ1) is 7.22. The summed E-state index contributed by atoms with van der Waals surface area (Å²) in [6.07, 6.45) is 1.60. The highest BCUT2D eigenvalue weighted by Crippen LogP contribution is 2.20. The molecule has 0 aliphatic rings. The molecule has 15 heavy (non-hydrogen) atoms. The Balaban J connectivity index is 2.83. The van der Waals surface area contributed by atoms with Crippen molar-refractivity contribution in [2.75, 3.05) is 0 Å². The largest absolute Gasteiger partial charge is 0.329 e. The van der Waals surface area contributed by atoms with Gasteiger partial charge in [0.15, 0.2) is 4.77 Å². The lowest BCUT2D eigenvalue weighted by Gasteiger charge is -1.98. The topological polar surface area (TPSA) is 85.3 Å². The van der Waals surface area contributed by atoms with Gasteiger partial charge in [-0.05, 0) is 12.2 Å². The fraction of sp³-hybridized carbons (Fsp3) is 0. The van der Waals surface area contributed by atoms with Gasteiger partial charge in [0.25, 0.3) is 5.56 Å². The van der Waals surface area contributed by atoms with Gasteiger partial charge in [0.2, 0.25) is 0 Å². The van der Waals surface area contributed by atoms with E-state index in [4.69, 9.17) is 17.5 Å². The molecule has 7 heteroatoms. The van der Waals surface area contributed by atoms with E-state index in [1.807, 2.05) is 6.07 Å². The lowest BCUT2D eigenvalue weighted by molar-refractivity contribution is 1.07. The van der Waals surface area contributed by atoms with Crippen molar-refractivity contribution < 1.29 is 0 Å². The molecule has 0 aliphatic heterocycles. The minimum Gasteiger partial charge on any atom is -0.329 e. The molecule has 2 N–H and O–H groups in total. The third kappa shape index (κ3) is 1.72. The van der Waals surface area contributed by atoms with Gasteiger partial charge in [-0.3, -0.25) is 9.78 Å². The third-order valence-corrected chi connectivity index (χ3v) is 2.70. The minimum absolute atomic E-state index is 0.00134. The van der Waals surface area contributed by atoms with Crippen molar-refractivity contribution in [2.24, 2.45) is 0 Å². The summed E-state index contributed by atoms with van der Waals surface area (Å²) in [6.45, 7) is 0. The quantitative estimate of drug-likeness (QED) is 0.733. The Morgan fingerprint density at radius 2 is 2.33 bits per heavy atom. The standard InChI is InChI=1S/C8H4N4OS2/c9-3-4-5(7-10-1-2-15-7)11-8(14)12-6(4)13/h1-2H,(H2,11,12,13,14). The first-order valence-electron chi connectivity index (χ1n) is 3.89. The SMILES string of the molecule is N#Cc1c(-c2nccs2)[nH]c(=S)[nH]c1=O. The molecule has 0 aromatic carbocycles. The van der Waals surface area contributed by atoms with Crippen molar-refractivity contribution in [3.63, 3.8) is 0 Å². The number of aromatic nitrogens is 3. The van der Waals surface area contributed by atoms with Crippen LogP contribution in [0.15, 0.2) is 16.4 Å². The highest BCUT2D eigenvalue weighted by Gasteiger charge is 2.11. The highest BCUT2D eigenvalue weighted by molar-refractivity contribution is 7.71. The molecule has 0 bridgehead atoms. The van der Waals surface area contributed by atoms with Crippen molar-refractivity contribution in [3.05, 3.63) is 32.3 Å². The number of nitriles is 1. The van der Waals surface area contributed by atoms with Crippen LogP contribution in [0.25, 0.3) is 10.7 Å². The van der Waals surface area contributed by atoms with Gasteiger partial charge in [-0.15, -0.1) is 11.3 Å². The lowest BCUT2D eigenvalue weighted by Crippen LogP contribution is -2.13. The van der Waals surface area contributed by atoms with Gasteiger partial charge in [0.05, 0.1) is 0 Å². The molecule has 2 rings (SSSR count). The molecule has 2 heterocycles. The monoisotopic (exact) mass is 236 g/mol. The van der Waals surface area contributed by atoms with Gasteiger partial charge in [-0.25, -0.2) is 4.98 Å². The Kier molecular flexibility index (Phi) is 2.45. The molecule has 2 aromatic rings. The molecule has 0 fully saturated rings. The summed E-state index contributed by atoms with van der Waals surface area (Å²) in [4.78, 5) is 20.5. The summed E-state index contributed by atoms with van der Waals surface area (Å²) >= 11 is 6.16. The highest BCUT2D eigenvalue weighted by atomic mass is 32.1. The zero-order valence-electron chi connectivity index (χ0n) is 7.27. The number of nitrogens with one attached hydrogen (secondary N) is 2. The molecule has 2 aromatic heterocycles. The summed E-state index contributed by atoms with van der Waals surface area (Å²) in [6, 6.07) is 1.82. The van der Waals surface area contributed by atoms with Crippen molar-refractivity contribution in [3.8, 4) is 16.8 Å². The average molecular weight is 236 g/mol. The second kappa shape index (κ2) is 3.76. The number of hydrogen-bond acceptors (Lipinski definition) is 5. The summed E-state index contributed by atoms with van der Waals surface area (Å²) in [5.41, 5.74) is -0.119. The molecule has 0 radical (unpaired) electrons. The van der Waals surface area contributed by atoms with Crippen molar-refractivity contribution in [1.29, 1.82) is 5.26 Å². The summed E-state index contributed by atoms with van der Waals surface area (Å²) in [5, 5.41) is 11.2. The maximum atomic E-state index is 11.4.